The fourth-order valence-corrected chi connectivity index (χ4v) is 1.96. The molecule has 1 unspecified atom stereocenters. The molecule has 108 valence electrons. The van der Waals surface area contributed by atoms with Crippen molar-refractivity contribution >= 4 is 5.97 Å². The van der Waals surface area contributed by atoms with Crippen LogP contribution in [-0.2, 0) is 6.54 Å². The van der Waals surface area contributed by atoms with E-state index in [1.807, 2.05) is 19.4 Å². The third-order valence-electron chi connectivity index (χ3n) is 3.12. The average Bonchev–Trinajstić information content (AvgIpc) is 3.09. The van der Waals surface area contributed by atoms with E-state index in [1.165, 1.54) is 6.07 Å². The Morgan fingerprint density at radius 1 is 1.50 bits per heavy atom. The molecule has 2 N–H and O–H groups in total. The van der Waals surface area contributed by atoms with Gasteiger partial charge in [0, 0.05) is 18.9 Å². The maximum absolute atomic E-state index is 10.7. The maximum Gasteiger partial charge on any atom is 0.371 e. The first-order chi connectivity index (χ1) is 9.66. The first-order valence-corrected chi connectivity index (χ1v) is 6.69. The number of carbonyl (C=O) groups is 1. The molecule has 6 nitrogen and oxygen atoms in total. The van der Waals surface area contributed by atoms with Crippen LogP contribution < -0.4 is 5.32 Å². The highest BCUT2D eigenvalue weighted by atomic mass is 16.4. The number of aromatic carboxylic acids is 1. The lowest BCUT2D eigenvalue weighted by molar-refractivity contribution is 0.0659. The normalized spacial score (nSPS) is 12.4. The highest BCUT2D eigenvalue weighted by Crippen LogP contribution is 2.16. The largest absolute Gasteiger partial charge is 0.475 e. The van der Waals surface area contributed by atoms with E-state index < -0.39 is 5.97 Å². The Bertz CT molecular complexity index is 534. The van der Waals surface area contributed by atoms with E-state index in [0.29, 0.717) is 5.76 Å². The minimum absolute atomic E-state index is 0.0105. The van der Waals surface area contributed by atoms with E-state index in [-0.39, 0.29) is 11.8 Å². The minimum Gasteiger partial charge on any atom is -0.475 e. The smallest absolute Gasteiger partial charge is 0.371 e. The van der Waals surface area contributed by atoms with Gasteiger partial charge >= 0.3 is 5.97 Å². The zero-order valence-electron chi connectivity index (χ0n) is 11.5. The second kappa shape index (κ2) is 6.91. The zero-order valence-corrected chi connectivity index (χ0v) is 11.5. The van der Waals surface area contributed by atoms with E-state index in [0.717, 1.165) is 25.9 Å². The lowest BCUT2D eigenvalue weighted by Gasteiger charge is -2.11. The molecule has 1 atom stereocenters. The number of nitrogens with one attached hydrogen (secondary N) is 1. The molecule has 20 heavy (non-hydrogen) atoms. The Balaban J connectivity index is 1.66. The molecule has 0 aromatic carbocycles. The Kier molecular flexibility index (Phi) is 4.95. The Morgan fingerprint density at radius 3 is 3.00 bits per heavy atom. The van der Waals surface area contributed by atoms with Gasteiger partial charge in [-0.15, -0.1) is 0 Å². The Labute approximate surface area is 117 Å². The van der Waals surface area contributed by atoms with Crippen LogP contribution in [0.2, 0.25) is 0 Å². The van der Waals surface area contributed by atoms with E-state index >= 15 is 0 Å². The highest BCUT2D eigenvalue weighted by Gasteiger charge is 2.13. The fourth-order valence-electron chi connectivity index (χ4n) is 1.96. The molecule has 2 aromatic rings. The van der Waals surface area contributed by atoms with Crippen LogP contribution in [-0.4, -0.2) is 27.2 Å². The SMILES string of the molecule is CC(NCCCCn1ccnc1)c1ccc(C(=O)O)o1. The molecular formula is C14H19N3O3. The van der Waals surface area contributed by atoms with Crippen molar-refractivity contribution in [1.29, 1.82) is 0 Å². The molecular weight excluding hydrogens is 258 g/mol. The minimum atomic E-state index is -1.04. The maximum atomic E-state index is 10.7. The number of hydrogen-bond donors (Lipinski definition) is 2. The standard InChI is InChI=1S/C14H19N3O3/c1-11(12-4-5-13(20-12)14(18)19)16-6-2-3-8-17-9-7-15-10-17/h4-5,7,9-11,16H,2-3,6,8H2,1H3,(H,18,19). The van der Waals surface area contributed by atoms with Crippen LogP contribution in [0.25, 0.3) is 0 Å². The van der Waals surface area contributed by atoms with Crippen molar-refractivity contribution in [1.82, 2.24) is 14.9 Å². The van der Waals surface area contributed by atoms with Gasteiger partial charge < -0.3 is 19.4 Å². The van der Waals surface area contributed by atoms with Gasteiger partial charge in [0.15, 0.2) is 0 Å². The van der Waals surface area contributed by atoms with Gasteiger partial charge in [0.1, 0.15) is 5.76 Å². The summed E-state index contributed by atoms with van der Waals surface area (Å²) in [5.41, 5.74) is 0. The first-order valence-electron chi connectivity index (χ1n) is 6.69. The van der Waals surface area contributed by atoms with E-state index in [9.17, 15) is 4.79 Å². The Hall–Kier alpha value is -2.08. The number of furan rings is 1. The summed E-state index contributed by atoms with van der Waals surface area (Å²) in [6.45, 7) is 3.78. The number of hydrogen-bond acceptors (Lipinski definition) is 4. The predicted molar refractivity (Wildman–Crippen MR) is 73.5 cm³/mol. The van der Waals surface area contributed by atoms with E-state index in [1.54, 1.807) is 12.3 Å². The number of carboxylic acids is 1. The molecule has 0 radical (unpaired) electrons. The van der Waals surface area contributed by atoms with Gasteiger partial charge in [-0.1, -0.05) is 0 Å². The quantitative estimate of drug-likeness (QED) is 0.724. The van der Waals surface area contributed by atoms with Crippen molar-refractivity contribution in [3.8, 4) is 0 Å². The van der Waals surface area contributed by atoms with Crippen molar-refractivity contribution in [2.24, 2.45) is 0 Å². The van der Waals surface area contributed by atoms with Crippen molar-refractivity contribution in [2.45, 2.75) is 32.4 Å². The number of aryl methyl sites for hydroxylation is 1. The van der Waals surface area contributed by atoms with Gasteiger partial charge in [-0.2, -0.15) is 0 Å². The van der Waals surface area contributed by atoms with Gasteiger partial charge in [-0.25, -0.2) is 9.78 Å². The van der Waals surface area contributed by atoms with Crippen molar-refractivity contribution in [2.75, 3.05) is 6.54 Å². The third kappa shape index (κ3) is 3.96. The second-order valence-corrected chi connectivity index (χ2v) is 4.69. The average molecular weight is 277 g/mol. The summed E-state index contributed by atoms with van der Waals surface area (Å²) in [6.07, 6.45) is 7.64. The monoisotopic (exact) mass is 277 g/mol. The molecule has 6 heteroatoms. The predicted octanol–water partition coefficient (Wildman–Crippen LogP) is 2.31. The fraction of sp³-hybridized carbons (Fsp3) is 0.429. The zero-order chi connectivity index (χ0) is 14.4. The molecule has 0 saturated carbocycles. The lowest BCUT2D eigenvalue weighted by atomic mass is 10.2. The van der Waals surface area contributed by atoms with Gasteiger partial charge in [-0.3, -0.25) is 0 Å². The van der Waals surface area contributed by atoms with E-state index in [4.69, 9.17) is 9.52 Å². The highest BCUT2D eigenvalue weighted by molar-refractivity contribution is 5.84. The van der Waals surface area contributed by atoms with Crippen LogP contribution >= 0.6 is 0 Å². The molecule has 0 saturated heterocycles. The number of carboxylic acid groups (broad SMARTS) is 1. The van der Waals surface area contributed by atoms with Gasteiger partial charge in [-0.05, 0) is 38.4 Å². The number of rotatable bonds is 8. The van der Waals surface area contributed by atoms with E-state index in [2.05, 4.69) is 14.9 Å². The second-order valence-electron chi connectivity index (χ2n) is 4.69. The van der Waals surface area contributed by atoms with Crippen molar-refractivity contribution < 1.29 is 14.3 Å². The van der Waals surface area contributed by atoms with Crippen LogP contribution in [0, 0.1) is 0 Å². The van der Waals surface area contributed by atoms with Gasteiger partial charge in [0.05, 0.1) is 12.4 Å². The summed E-state index contributed by atoms with van der Waals surface area (Å²) in [7, 11) is 0. The number of imidazole rings is 1. The molecule has 2 aromatic heterocycles. The van der Waals surface area contributed by atoms with Crippen LogP contribution in [0.4, 0.5) is 0 Å². The summed E-state index contributed by atoms with van der Waals surface area (Å²) in [6, 6.07) is 3.19. The number of unbranched alkanes of at least 4 members (excludes halogenated alkanes) is 1. The molecule has 0 spiro atoms. The lowest BCUT2D eigenvalue weighted by Crippen LogP contribution is -2.19. The van der Waals surface area contributed by atoms with Crippen LogP contribution in [0.1, 0.15) is 42.1 Å². The summed E-state index contributed by atoms with van der Waals surface area (Å²) < 4.78 is 7.30. The molecule has 0 aliphatic carbocycles. The molecule has 2 rings (SSSR count). The van der Waals surface area contributed by atoms with Crippen LogP contribution in [0.15, 0.2) is 35.3 Å². The third-order valence-corrected chi connectivity index (χ3v) is 3.12. The van der Waals surface area contributed by atoms with Gasteiger partial charge in [0.25, 0.3) is 0 Å². The first kappa shape index (κ1) is 14.3. The summed E-state index contributed by atoms with van der Waals surface area (Å²) in [5.74, 6) is -0.408. The topological polar surface area (TPSA) is 80.3 Å². The molecule has 0 bridgehead atoms. The summed E-state index contributed by atoms with van der Waals surface area (Å²) >= 11 is 0. The molecule has 0 aliphatic heterocycles. The molecule has 2 heterocycles. The van der Waals surface area contributed by atoms with Crippen molar-refractivity contribution in [3.63, 3.8) is 0 Å². The molecule has 0 fully saturated rings. The van der Waals surface area contributed by atoms with Crippen LogP contribution in [0.5, 0.6) is 0 Å². The molecule has 0 amide bonds. The van der Waals surface area contributed by atoms with Crippen molar-refractivity contribution in [3.05, 3.63) is 42.4 Å². The number of nitrogens with zero attached hydrogens (tertiary/aromatic N) is 2. The Morgan fingerprint density at radius 2 is 2.35 bits per heavy atom. The summed E-state index contributed by atoms with van der Waals surface area (Å²) in [5, 5.41) is 12.1. The van der Waals surface area contributed by atoms with Crippen LogP contribution in [0.3, 0.4) is 0 Å². The summed E-state index contributed by atoms with van der Waals surface area (Å²) in [4.78, 5) is 14.7. The molecule has 0 aliphatic rings. The number of aromatic nitrogens is 2. The van der Waals surface area contributed by atoms with Gasteiger partial charge in [0.2, 0.25) is 5.76 Å².